The summed E-state index contributed by atoms with van der Waals surface area (Å²) >= 11 is 0. The maximum Gasteiger partial charge on any atom is 0.300 e. The molecule has 0 saturated carbocycles. The van der Waals surface area contributed by atoms with Crippen molar-refractivity contribution < 1.29 is 24.1 Å². The molecule has 0 radical (unpaired) electrons. The summed E-state index contributed by atoms with van der Waals surface area (Å²) in [6.45, 7) is 10.6. The lowest BCUT2D eigenvalue weighted by Crippen LogP contribution is -2.44. The van der Waals surface area contributed by atoms with Gasteiger partial charge in [0, 0.05) is 82.0 Å². The number of benzene rings is 2. The first-order valence-corrected chi connectivity index (χ1v) is 13.6. The number of methoxy groups -OCH3 is 2. The van der Waals surface area contributed by atoms with Crippen molar-refractivity contribution >= 4 is 28.4 Å². The minimum atomic E-state index is -0.833. The van der Waals surface area contributed by atoms with Gasteiger partial charge in [-0.3, -0.25) is 9.69 Å². The lowest BCUT2D eigenvalue weighted by atomic mass is 10.1. The smallest absolute Gasteiger partial charge is 0.300 e. The lowest BCUT2D eigenvalue weighted by molar-refractivity contribution is -0.134. The number of morpholine rings is 1. The highest BCUT2D eigenvalue weighted by Gasteiger charge is 2.17. The Hall–Kier alpha value is -3.67. The van der Waals surface area contributed by atoms with Gasteiger partial charge >= 0.3 is 0 Å². The Morgan fingerprint density at radius 3 is 2.23 bits per heavy atom. The van der Waals surface area contributed by atoms with Gasteiger partial charge in [-0.05, 0) is 37.4 Å². The zero-order valence-corrected chi connectivity index (χ0v) is 23.9. The van der Waals surface area contributed by atoms with E-state index in [0.29, 0.717) is 17.3 Å². The number of carboxylic acid groups (broad SMARTS) is 1. The molecule has 0 aliphatic carbocycles. The molecule has 2 fully saturated rings. The zero-order valence-electron chi connectivity index (χ0n) is 23.9. The van der Waals surface area contributed by atoms with E-state index >= 15 is 0 Å². The molecule has 2 aromatic carbocycles. The lowest BCUT2D eigenvalue weighted by Gasteiger charge is -2.34. The number of hydrogen-bond donors (Lipinski definition) is 2. The minimum absolute atomic E-state index is 0.652. The predicted molar refractivity (Wildman–Crippen MR) is 157 cm³/mol. The van der Waals surface area contributed by atoms with Crippen molar-refractivity contribution in [2.45, 2.75) is 6.92 Å². The molecule has 40 heavy (non-hydrogen) atoms. The SMILES string of the molecule is CC(=O)O.COc1cc2nc(-c3ccc(N4CCN(C)CC4)cc3)nc(NCCN3CCOCC3)c2cc1OC. The molecule has 0 atom stereocenters. The molecular formula is C29H40N6O5. The fraction of sp³-hybridized carbons (Fsp3) is 0.483. The van der Waals surface area contributed by atoms with Crippen molar-refractivity contribution in [1.29, 1.82) is 0 Å². The second kappa shape index (κ2) is 14.1. The minimum Gasteiger partial charge on any atom is -0.493 e. The van der Waals surface area contributed by atoms with Crippen LogP contribution in [0.4, 0.5) is 11.5 Å². The highest BCUT2D eigenvalue weighted by atomic mass is 16.5. The third kappa shape index (κ3) is 7.71. The molecule has 3 heterocycles. The van der Waals surface area contributed by atoms with Crippen LogP contribution >= 0.6 is 0 Å². The van der Waals surface area contributed by atoms with Crippen LogP contribution in [0.25, 0.3) is 22.3 Å². The number of anilines is 2. The topological polar surface area (TPSA) is 113 Å². The van der Waals surface area contributed by atoms with Crippen molar-refractivity contribution in [3.8, 4) is 22.9 Å². The van der Waals surface area contributed by atoms with Gasteiger partial charge < -0.3 is 34.4 Å². The Bertz CT molecular complexity index is 1250. The molecule has 0 bridgehead atoms. The first-order valence-electron chi connectivity index (χ1n) is 13.6. The molecule has 0 amide bonds. The van der Waals surface area contributed by atoms with Gasteiger partial charge in [0.05, 0.1) is 33.0 Å². The Labute approximate surface area is 235 Å². The summed E-state index contributed by atoms with van der Waals surface area (Å²) in [7, 11) is 5.46. The van der Waals surface area contributed by atoms with Crippen molar-refractivity contribution in [3.63, 3.8) is 0 Å². The summed E-state index contributed by atoms with van der Waals surface area (Å²) < 4.78 is 16.6. The number of nitrogens with one attached hydrogen (secondary N) is 1. The number of nitrogens with zero attached hydrogens (tertiary/aromatic N) is 5. The van der Waals surface area contributed by atoms with Gasteiger partial charge in [-0.2, -0.15) is 0 Å². The number of carboxylic acids is 1. The number of aromatic nitrogens is 2. The van der Waals surface area contributed by atoms with Crippen molar-refractivity contribution in [1.82, 2.24) is 19.8 Å². The van der Waals surface area contributed by atoms with E-state index in [9.17, 15) is 0 Å². The van der Waals surface area contributed by atoms with Gasteiger partial charge in [-0.25, -0.2) is 9.97 Å². The van der Waals surface area contributed by atoms with Crippen LogP contribution < -0.4 is 19.7 Å². The van der Waals surface area contributed by atoms with Crippen LogP contribution in [-0.2, 0) is 9.53 Å². The summed E-state index contributed by atoms with van der Waals surface area (Å²) in [6.07, 6.45) is 0. The van der Waals surface area contributed by atoms with Crippen molar-refractivity contribution in [2.75, 3.05) is 97.1 Å². The molecule has 5 rings (SSSR count). The number of ether oxygens (including phenoxy) is 3. The molecule has 11 heteroatoms. The van der Waals surface area contributed by atoms with Gasteiger partial charge in [-0.1, -0.05) is 0 Å². The average molecular weight is 553 g/mol. The molecular weight excluding hydrogens is 512 g/mol. The number of carbonyl (C=O) groups is 1. The van der Waals surface area contributed by atoms with Crippen LogP contribution in [0.2, 0.25) is 0 Å². The predicted octanol–water partition coefficient (Wildman–Crippen LogP) is 2.90. The van der Waals surface area contributed by atoms with E-state index in [1.165, 1.54) is 5.69 Å². The molecule has 0 unspecified atom stereocenters. The van der Waals surface area contributed by atoms with E-state index in [-0.39, 0.29) is 0 Å². The zero-order chi connectivity index (χ0) is 28.5. The summed E-state index contributed by atoms with van der Waals surface area (Å²) in [4.78, 5) is 26.1. The molecule has 0 spiro atoms. The number of hydrogen-bond acceptors (Lipinski definition) is 10. The maximum absolute atomic E-state index is 9.00. The summed E-state index contributed by atoms with van der Waals surface area (Å²) in [5.74, 6) is 1.97. The number of fused-ring (bicyclic) bond motifs is 1. The molecule has 2 N–H and O–H groups in total. The molecule has 11 nitrogen and oxygen atoms in total. The largest absolute Gasteiger partial charge is 0.493 e. The maximum atomic E-state index is 9.00. The average Bonchev–Trinajstić information content (AvgIpc) is 2.97. The fourth-order valence-electron chi connectivity index (χ4n) is 4.76. The highest BCUT2D eigenvalue weighted by Crippen LogP contribution is 2.35. The molecule has 216 valence electrons. The van der Waals surface area contributed by atoms with E-state index in [1.54, 1.807) is 14.2 Å². The third-order valence-electron chi connectivity index (χ3n) is 7.02. The highest BCUT2D eigenvalue weighted by molar-refractivity contribution is 5.93. The normalized spacial score (nSPS) is 16.2. The summed E-state index contributed by atoms with van der Waals surface area (Å²) in [6, 6.07) is 12.5. The summed E-state index contributed by atoms with van der Waals surface area (Å²) in [5, 5.41) is 11.9. The number of rotatable bonds is 8. The summed E-state index contributed by atoms with van der Waals surface area (Å²) in [5.41, 5.74) is 3.04. The Morgan fingerprint density at radius 2 is 1.60 bits per heavy atom. The standard InChI is InChI=1S/C27H36N6O3.C2H4O2/c1-31-10-12-33(13-11-31)21-6-4-20(5-7-21)26-29-23-19-25(35-3)24(34-2)18-22(23)27(30-26)28-8-9-32-14-16-36-17-15-32;1-2(3)4/h4-7,18-19H,8-17H2,1-3H3,(H,28,29,30);1H3,(H,3,4). The van der Waals surface area contributed by atoms with Crippen LogP contribution in [0.5, 0.6) is 11.5 Å². The Kier molecular flexibility index (Phi) is 10.3. The van der Waals surface area contributed by atoms with E-state index in [0.717, 1.165) is 94.8 Å². The number of likely N-dealkylation sites (N-methyl/N-ethyl adjacent to an activating group) is 1. The Balaban J connectivity index is 0.000000867. The van der Waals surface area contributed by atoms with Crippen LogP contribution in [0.3, 0.4) is 0 Å². The van der Waals surface area contributed by atoms with Gasteiger partial charge in [-0.15, -0.1) is 0 Å². The molecule has 2 aliphatic rings. The second-order valence-electron chi connectivity index (χ2n) is 9.86. The van der Waals surface area contributed by atoms with Gasteiger partial charge in [0.15, 0.2) is 17.3 Å². The Morgan fingerprint density at radius 1 is 0.975 bits per heavy atom. The monoisotopic (exact) mass is 552 g/mol. The third-order valence-corrected chi connectivity index (χ3v) is 7.02. The van der Waals surface area contributed by atoms with E-state index in [2.05, 4.69) is 51.3 Å². The molecule has 2 saturated heterocycles. The molecule has 2 aliphatic heterocycles. The van der Waals surface area contributed by atoms with Crippen LogP contribution in [-0.4, -0.2) is 118 Å². The first kappa shape index (κ1) is 29.3. The van der Waals surface area contributed by atoms with Crippen molar-refractivity contribution in [3.05, 3.63) is 36.4 Å². The van der Waals surface area contributed by atoms with Crippen molar-refractivity contribution in [2.24, 2.45) is 0 Å². The first-order chi connectivity index (χ1) is 19.4. The van der Waals surface area contributed by atoms with E-state index < -0.39 is 5.97 Å². The van der Waals surface area contributed by atoms with Gasteiger partial charge in [0.25, 0.3) is 5.97 Å². The van der Waals surface area contributed by atoms with E-state index in [4.69, 9.17) is 34.1 Å². The van der Waals surface area contributed by atoms with Crippen LogP contribution in [0, 0.1) is 0 Å². The quantitative estimate of drug-likeness (QED) is 0.430. The van der Waals surface area contributed by atoms with Gasteiger partial charge in [0.2, 0.25) is 0 Å². The van der Waals surface area contributed by atoms with Crippen LogP contribution in [0.15, 0.2) is 36.4 Å². The molecule has 1 aromatic heterocycles. The number of piperazine rings is 1. The van der Waals surface area contributed by atoms with Crippen LogP contribution in [0.1, 0.15) is 6.92 Å². The van der Waals surface area contributed by atoms with E-state index in [1.807, 2.05) is 12.1 Å². The second-order valence-corrected chi connectivity index (χ2v) is 9.86. The van der Waals surface area contributed by atoms with Gasteiger partial charge in [0.1, 0.15) is 5.82 Å². The molecule has 3 aromatic rings. The fourth-order valence-corrected chi connectivity index (χ4v) is 4.76. The number of aliphatic carboxylic acids is 1.